The predicted octanol–water partition coefficient (Wildman–Crippen LogP) is 4.96. The molecule has 0 spiro atoms. The van der Waals surface area contributed by atoms with E-state index in [1.807, 2.05) is 24.3 Å². The van der Waals surface area contributed by atoms with Crippen molar-refractivity contribution in [2.45, 2.75) is 29.1 Å². The van der Waals surface area contributed by atoms with Crippen LogP contribution in [0.3, 0.4) is 0 Å². The second-order valence-electron chi connectivity index (χ2n) is 4.28. The third kappa shape index (κ3) is 4.75. The molecule has 2 aromatic heterocycles. The first-order valence-corrected chi connectivity index (χ1v) is 8.90. The van der Waals surface area contributed by atoms with Gasteiger partial charge < -0.3 is 4.42 Å². The Morgan fingerprint density at radius 3 is 2.89 bits per heavy atom. The van der Waals surface area contributed by atoms with Gasteiger partial charge in [0.1, 0.15) is 5.76 Å². The predicted molar refractivity (Wildman–Crippen MR) is 84.5 cm³/mol. The van der Waals surface area contributed by atoms with Gasteiger partial charge in [-0.3, -0.25) is 4.79 Å². The lowest BCUT2D eigenvalue weighted by atomic mass is 10.4. The lowest BCUT2D eigenvalue weighted by molar-refractivity contribution is 0.102. The molecule has 102 valence electrons. The molecule has 0 aliphatic heterocycles. The highest BCUT2D eigenvalue weighted by molar-refractivity contribution is 8.01. The van der Waals surface area contributed by atoms with Crippen molar-refractivity contribution in [1.82, 2.24) is 0 Å². The molecule has 0 unspecified atom stereocenters. The van der Waals surface area contributed by atoms with E-state index < -0.39 is 0 Å². The highest BCUT2D eigenvalue weighted by atomic mass is 32.2. The minimum atomic E-state index is 0.206. The zero-order valence-corrected chi connectivity index (χ0v) is 13.4. The third-order valence-electron chi connectivity index (χ3n) is 2.27. The fourth-order valence-corrected chi connectivity index (χ4v) is 4.70. The molecule has 2 heterocycles. The van der Waals surface area contributed by atoms with E-state index in [4.69, 9.17) is 4.42 Å². The second kappa shape index (κ2) is 7.22. The summed E-state index contributed by atoms with van der Waals surface area (Å²) < 4.78 is 6.45. The maximum absolute atomic E-state index is 12.0. The Morgan fingerprint density at radius 2 is 2.21 bits per heavy atom. The number of rotatable bonds is 7. The molecule has 0 amide bonds. The molecule has 2 nitrogen and oxygen atoms in total. The molecule has 19 heavy (non-hydrogen) atoms. The van der Waals surface area contributed by atoms with E-state index in [-0.39, 0.29) is 5.78 Å². The Bertz CT molecular complexity index is 515. The summed E-state index contributed by atoms with van der Waals surface area (Å²) in [5.41, 5.74) is 0. The zero-order chi connectivity index (χ0) is 13.7. The van der Waals surface area contributed by atoms with Gasteiger partial charge in [-0.05, 0) is 24.3 Å². The highest BCUT2D eigenvalue weighted by Crippen LogP contribution is 2.31. The van der Waals surface area contributed by atoms with E-state index in [0.717, 1.165) is 16.4 Å². The monoisotopic (exact) mass is 312 g/mol. The molecular formula is C14H16O2S3. The van der Waals surface area contributed by atoms with Gasteiger partial charge in [0, 0.05) is 5.25 Å². The maximum Gasteiger partial charge on any atom is 0.182 e. The van der Waals surface area contributed by atoms with Crippen LogP contribution in [0.25, 0.3) is 0 Å². The summed E-state index contributed by atoms with van der Waals surface area (Å²) in [7, 11) is 0. The van der Waals surface area contributed by atoms with Crippen molar-refractivity contribution in [2.75, 3.05) is 5.75 Å². The third-order valence-corrected chi connectivity index (χ3v) is 5.52. The number of Topliss-reactive ketones (excluding diaryl/α,β-unsaturated/α-hetero) is 1. The Hall–Kier alpha value is -0.650. The number of thioether (sulfide) groups is 2. The Balaban J connectivity index is 1.81. The van der Waals surface area contributed by atoms with Gasteiger partial charge >= 0.3 is 0 Å². The second-order valence-corrected chi connectivity index (χ2v) is 8.23. The SMILES string of the molecule is CC(C)Sc1ccc(C(=O)CSCc2ccco2)s1. The number of thiophene rings is 1. The first kappa shape index (κ1) is 14.8. The molecule has 0 fully saturated rings. The highest BCUT2D eigenvalue weighted by Gasteiger charge is 2.11. The van der Waals surface area contributed by atoms with Crippen molar-refractivity contribution in [2.24, 2.45) is 0 Å². The Kier molecular flexibility index (Phi) is 5.60. The summed E-state index contributed by atoms with van der Waals surface area (Å²) in [5, 5.41) is 0.551. The van der Waals surface area contributed by atoms with Gasteiger partial charge in [-0.25, -0.2) is 0 Å². The van der Waals surface area contributed by atoms with Crippen molar-refractivity contribution < 1.29 is 9.21 Å². The van der Waals surface area contributed by atoms with Crippen LogP contribution in [-0.4, -0.2) is 16.8 Å². The van der Waals surface area contributed by atoms with E-state index in [9.17, 15) is 4.79 Å². The first-order chi connectivity index (χ1) is 9.15. The van der Waals surface area contributed by atoms with Crippen molar-refractivity contribution in [3.05, 3.63) is 41.2 Å². The summed E-state index contributed by atoms with van der Waals surface area (Å²) in [6, 6.07) is 7.78. The van der Waals surface area contributed by atoms with Gasteiger partial charge in [0.05, 0.1) is 26.9 Å². The van der Waals surface area contributed by atoms with Crippen LogP contribution in [0, 0.1) is 0 Å². The molecular weight excluding hydrogens is 296 g/mol. The average Bonchev–Trinajstić information content (AvgIpc) is 2.99. The number of hydrogen-bond acceptors (Lipinski definition) is 5. The fraction of sp³-hybridized carbons (Fsp3) is 0.357. The van der Waals surface area contributed by atoms with Crippen LogP contribution in [0.4, 0.5) is 0 Å². The van der Waals surface area contributed by atoms with Crippen LogP contribution >= 0.6 is 34.9 Å². The number of ketones is 1. The summed E-state index contributed by atoms with van der Waals surface area (Å²) in [5.74, 6) is 2.38. The molecule has 0 N–H and O–H groups in total. The smallest absolute Gasteiger partial charge is 0.182 e. The van der Waals surface area contributed by atoms with Crippen LogP contribution in [0.15, 0.2) is 39.2 Å². The molecule has 0 aliphatic rings. The molecule has 0 aromatic carbocycles. The summed E-state index contributed by atoms with van der Waals surface area (Å²) in [4.78, 5) is 12.9. The minimum absolute atomic E-state index is 0.206. The van der Waals surface area contributed by atoms with Crippen molar-refractivity contribution in [1.29, 1.82) is 0 Å². The summed E-state index contributed by atoms with van der Waals surface area (Å²) >= 11 is 4.99. The van der Waals surface area contributed by atoms with Crippen LogP contribution in [0.5, 0.6) is 0 Å². The van der Waals surface area contributed by atoms with E-state index in [1.165, 1.54) is 4.21 Å². The molecule has 0 bridgehead atoms. The minimum Gasteiger partial charge on any atom is -0.468 e. The lowest BCUT2D eigenvalue weighted by Gasteiger charge is -2.00. The Morgan fingerprint density at radius 1 is 1.37 bits per heavy atom. The average molecular weight is 312 g/mol. The normalized spacial score (nSPS) is 11.1. The fourth-order valence-electron chi connectivity index (χ4n) is 1.48. The molecule has 0 saturated heterocycles. The van der Waals surface area contributed by atoms with E-state index in [1.54, 1.807) is 41.1 Å². The zero-order valence-electron chi connectivity index (χ0n) is 10.9. The van der Waals surface area contributed by atoms with E-state index >= 15 is 0 Å². The standard InChI is InChI=1S/C14H16O2S3/c1-10(2)18-14-6-5-13(19-14)12(15)9-17-8-11-4-3-7-16-11/h3-7,10H,8-9H2,1-2H3. The van der Waals surface area contributed by atoms with E-state index in [0.29, 0.717) is 11.0 Å². The molecule has 0 saturated carbocycles. The maximum atomic E-state index is 12.0. The van der Waals surface area contributed by atoms with Gasteiger partial charge in [-0.1, -0.05) is 13.8 Å². The molecule has 2 rings (SSSR count). The number of carbonyl (C=O) groups is 1. The number of furan rings is 1. The summed E-state index contributed by atoms with van der Waals surface area (Å²) in [6.07, 6.45) is 1.66. The van der Waals surface area contributed by atoms with Gasteiger partial charge in [0.15, 0.2) is 5.78 Å². The van der Waals surface area contributed by atoms with Crippen molar-refractivity contribution >= 4 is 40.6 Å². The van der Waals surface area contributed by atoms with Crippen LogP contribution in [0.1, 0.15) is 29.3 Å². The van der Waals surface area contributed by atoms with Crippen LogP contribution in [0.2, 0.25) is 0 Å². The largest absolute Gasteiger partial charge is 0.468 e. The molecule has 0 radical (unpaired) electrons. The lowest BCUT2D eigenvalue weighted by Crippen LogP contribution is -1.99. The van der Waals surface area contributed by atoms with Gasteiger partial charge in [0.2, 0.25) is 0 Å². The van der Waals surface area contributed by atoms with Gasteiger partial charge in [-0.15, -0.1) is 34.9 Å². The van der Waals surface area contributed by atoms with Crippen molar-refractivity contribution in [3.8, 4) is 0 Å². The topological polar surface area (TPSA) is 30.2 Å². The molecule has 0 aliphatic carbocycles. The summed E-state index contributed by atoms with van der Waals surface area (Å²) in [6.45, 7) is 4.32. The molecule has 5 heteroatoms. The Labute approximate surface area is 126 Å². The number of carbonyl (C=O) groups excluding carboxylic acids is 1. The van der Waals surface area contributed by atoms with Gasteiger partial charge in [0.25, 0.3) is 0 Å². The molecule has 0 atom stereocenters. The van der Waals surface area contributed by atoms with Gasteiger partial charge in [-0.2, -0.15) is 0 Å². The van der Waals surface area contributed by atoms with Crippen LogP contribution < -0.4 is 0 Å². The quantitative estimate of drug-likeness (QED) is 0.534. The number of hydrogen-bond donors (Lipinski definition) is 0. The van der Waals surface area contributed by atoms with Crippen molar-refractivity contribution in [3.63, 3.8) is 0 Å². The molecule has 2 aromatic rings. The van der Waals surface area contributed by atoms with E-state index in [2.05, 4.69) is 13.8 Å². The first-order valence-electron chi connectivity index (χ1n) is 6.05. The van der Waals surface area contributed by atoms with Crippen LogP contribution in [-0.2, 0) is 5.75 Å².